The number of fused-ring (bicyclic) bond motifs is 1. The number of anilines is 1. The Morgan fingerprint density at radius 3 is 2.53 bits per heavy atom. The fourth-order valence-corrected chi connectivity index (χ4v) is 3.83. The highest BCUT2D eigenvalue weighted by molar-refractivity contribution is 6.09. The first-order valence-corrected chi connectivity index (χ1v) is 10.5. The SMILES string of the molecule is Cc1ccc(NC(=O)c2oc3c(c2C)/C(=N/NC(=O)c2ccccc2F)CCC3)cc1C. The van der Waals surface area contributed by atoms with E-state index in [1.807, 2.05) is 32.0 Å². The summed E-state index contributed by atoms with van der Waals surface area (Å²) in [6.07, 6.45) is 2.06. The average Bonchev–Trinajstić information content (AvgIpc) is 3.12. The van der Waals surface area contributed by atoms with Crippen molar-refractivity contribution in [3.63, 3.8) is 0 Å². The minimum absolute atomic E-state index is 0.0785. The Hall–Kier alpha value is -3.74. The topological polar surface area (TPSA) is 83.7 Å². The second-order valence-electron chi connectivity index (χ2n) is 7.94. The number of hydrazone groups is 1. The van der Waals surface area contributed by atoms with E-state index in [4.69, 9.17) is 4.42 Å². The fourth-order valence-electron chi connectivity index (χ4n) is 3.83. The van der Waals surface area contributed by atoms with E-state index in [0.29, 0.717) is 35.6 Å². The summed E-state index contributed by atoms with van der Waals surface area (Å²) in [7, 11) is 0. The van der Waals surface area contributed by atoms with Crippen molar-refractivity contribution in [3.8, 4) is 0 Å². The quantitative estimate of drug-likeness (QED) is 0.564. The summed E-state index contributed by atoms with van der Waals surface area (Å²) >= 11 is 0. The van der Waals surface area contributed by atoms with Gasteiger partial charge in [-0.25, -0.2) is 9.82 Å². The summed E-state index contributed by atoms with van der Waals surface area (Å²) in [6.45, 7) is 5.80. The van der Waals surface area contributed by atoms with Crippen LogP contribution in [0.25, 0.3) is 0 Å². The van der Waals surface area contributed by atoms with Crippen molar-refractivity contribution in [1.82, 2.24) is 5.43 Å². The molecule has 0 spiro atoms. The van der Waals surface area contributed by atoms with Crippen molar-refractivity contribution in [2.45, 2.75) is 40.0 Å². The van der Waals surface area contributed by atoms with E-state index in [2.05, 4.69) is 15.8 Å². The third kappa shape index (κ3) is 4.19. The van der Waals surface area contributed by atoms with E-state index in [1.54, 1.807) is 13.0 Å². The Morgan fingerprint density at radius 2 is 1.78 bits per heavy atom. The standard InChI is InChI=1S/C25H24FN3O3/c1-14-11-12-17(13-15(14)2)27-25(31)23-16(3)22-20(9-6-10-21(22)32-23)28-29-24(30)18-7-4-5-8-19(18)26/h4-5,7-8,11-13H,6,9-10H2,1-3H3,(H,27,31)(H,29,30)/b28-20+. The highest BCUT2D eigenvalue weighted by atomic mass is 19.1. The number of rotatable bonds is 4. The minimum atomic E-state index is -0.628. The molecule has 1 aliphatic carbocycles. The fraction of sp³-hybridized carbons (Fsp3) is 0.240. The molecule has 0 atom stereocenters. The van der Waals surface area contributed by atoms with Gasteiger partial charge in [0.25, 0.3) is 11.8 Å². The van der Waals surface area contributed by atoms with Crippen LogP contribution in [-0.2, 0) is 6.42 Å². The highest BCUT2D eigenvalue weighted by Gasteiger charge is 2.28. The molecule has 0 bridgehead atoms. The van der Waals surface area contributed by atoms with Gasteiger partial charge in [-0.3, -0.25) is 9.59 Å². The van der Waals surface area contributed by atoms with Crippen LogP contribution in [0, 0.1) is 26.6 Å². The van der Waals surface area contributed by atoms with E-state index in [-0.39, 0.29) is 17.2 Å². The zero-order valence-electron chi connectivity index (χ0n) is 18.2. The van der Waals surface area contributed by atoms with E-state index < -0.39 is 11.7 Å². The number of hydrogen-bond donors (Lipinski definition) is 2. The molecule has 7 heteroatoms. The zero-order valence-corrected chi connectivity index (χ0v) is 18.2. The maximum Gasteiger partial charge on any atom is 0.291 e. The molecule has 1 aliphatic rings. The Bertz CT molecular complexity index is 1240. The average molecular weight is 433 g/mol. The number of furan rings is 1. The molecule has 0 saturated heterocycles. The molecule has 0 aliphatic heterocycles. The minimum Gasteiger partial charge on any atom is -0.455 e. The van der Waals surface area contributed by atoms with Gasteiger partial charge in [0.15, 0.2) is 5.76 Å². The number of aryl methyl sites for hydroxylation is 3. The second-order valence-corrected chi connectivity index (χ2v) is 7.94. The molecule has 3 aromatic rings. The predicted molar refractivity (Wildman–Crippen MR) is 121 cm³/mol. The van der Waals surface area contributed by atoms with E-state index in [0.717, 1.165) is 23.1 Å². The first-order chi connectivity index (χ1) is 15.3. The van der Waals surface area contributed by atoms with Gasteiger partial charge >= 0.3 is 0 Å². The molecular formula is C25H24FN3O3. The molecule has 0 saturated carbocycles. The number of halogens is 1. The third-order valence-corrected chi connectivity index (χ3v) is 5.71. The molecule has 1 aromatic heterocycles. The lowest BCUT2D eigenvalue weighted by molar-refractivity contribution is 0.0949. The molecule has 2 aromatic carbocycles. The molecule has 2 N–H and O–H groups in total. The summed E-state index contributed by atoms with van der Waals surface area (Å²) in [5, 5.41) is 7.12. The summed E-state index contributed by atoms with van der Waals surface area (Å²) in [6, 6.07) is 11.4. The summed E-state index contributed by atoms with van der Waals surface area (Å²) in [5.74, 6) is -0.688. The normalized spacial score (nSPS) is 14.2. The summed E-state index contributed by atoms with van der Waals surface area (Å²) < 4.78 is 19.8. The molecule has 4 rings (SSSR count). The van der Waals surface area contributed by atoms with Crippen molar-refractivity contribution in [2.24, 2.45) is 5.10 Å². The number of carbonyl (C=O) groups excluding carboxylic acids is 2. The monoisotopic (exact) mass is 433 g/mol. The largest absolute Gasteiger partial charge is 0.455 e. The zero-order chi connectivity index (χ0) is 22.8. The predicted octanol–water partition coefficient (Wildman–Crippen LogP) is 5.07. The van der Waals surface area contributed by atoms with Gasteiger partial charge in [-0.2, -0.15) is 5.10 Å². The van der Waals surface area contributed by atoms with Gasteiger partial charge in [-0.05, 0) is 69.0 Å². The number of hydrogen-bond acceptors (Lipinski definition) is 4. The van der Waals surface area contributed by atoms with Gasteiger partial charge in [0, 0.05) is 23.2 Å². The van der Waals surface area contributed by atoms with Crippen molar-refractivity contribution in [3.05, 3.63) is 87.6 Å². The summed E-state index contributed by atoms with van der Waals surface area (Å²) in [4.78, 5) is 25.2. The molecule has 0 unspecified atom stereocenters. The maximum absolute atomic E-state index is 13.9. The Kier molecular flexibility index (Phi) is 5.90. The number of nitrogens with one attached hydrogen (secondary N) is 2. The number of amides is 2. The Balaban J connectivity index is 1.57. The number of nitrogens with zero attached hydrogens (tertiary/aromatic N) is 1. The number of carbonyl (C=O) groups is 2. The van der Waals surface area contributed by atoms with Gasteiger partial charge < -0.3 is 9.73 Å². The van der Waals surface area contributed by atoms with Crippen molar-refractivity contribution >= 4 is 23.2 Å². The van der Waals surface area contributed by atoms with Crippen LogP contribution in [0.15, 0.2) is 52.0 Å². The van der Waals surface area contributed by atoms with Crippen LogP contribution in [0.1, 0.15) is 61.8 Å². The molecule has 0 radical (unpaired) electrons. The van der Waals surface area contributed by atoms with Gasteiger partial charge in [-0.1, -0.05) is 18.2 Å². The lowest BCUT2D eigenvalue weighted by Gasteiger charge is -2.13. The van der Waals surface area contributed by atoms with Crippen LogP contribution in [0.3, 0.4) is 0 Å². The first kappa shape index (κ1) is 21.5. The van der Waals surface area contributed by atoms with Gasteiger partial charge in [-0.15, -0.1) is 0 Å². The Morgan fingerprint density at radius 1 is 1.00 bits per heavy atom. The van der Waals surface area contributed by atoms with Crippen LogP contribution in [0.5, 0.6) is 0 Å². The van der Waals surface area contributed by atoms with E-state index in [1.165, 1.54) is 18.2 Å². The third-order valence-electron chi connectivity index (χ3n) is 5.71. The molecular weight excluding hydrogens is 409 g/mol. The Labute approximate surface area is 185 Å². The van der Waals surface area contributed by atoms with Crippen LogP contribution in [-0.4, -0.2) is 17.5 Å². The van der Waals surface area contributed by atoms with E-state index >= 15 is 0 Å². The smallest absolute Gasteiger partial charge is 0.291 e. The van der Waals surface area contributed by atoms with Crippen molar-refractivity contribution < 1.29 is 18.4 Å². The highest BCUT2D eigenvalue weighted by Crippen LogP contribution is 2.30. The molecule has 0 fully saturated rings. The van der Waals surface area contributed by atoms with Gasteiger partial charge in [0.1, 0.15) is 11.6 Å². The van der Waals surface area contributed by atoms with Gasteiger partial charge in [0.2, 0.25) is 0 Å². The molecule has 2 amide bonds. The summed E-state index contributed by atoms with van der Waals surface area (Å²) in [5.41, 5.74) is 7.29. The van der Waals surface area contributed by atoms with Crippen LogP contribution >= 0.6 is 0 Å². The molecule has 1 heterocycles. The van der Waals surface area contributed by atoms with Crippen LogP contribution in [0.4, 0.5) is 10.1 Å². The van der Waals surface area contributed by atoms with Crippen LogP contribution < -0.4 is 10.7 Å². The van der Waals surface area contributed by atoms with Crippen molar-refractivity contribution in [2.75, 3.05) is 5.32 Å². The molecule has 6 nitrogen and oxygen atoms in total. The molecule has 164 valence electrons. The molecule has 32 heavy (non-hydrogen) atoms. The van der Waals surface area contributed by atoms with E-state index in [9.17, 15) is 14.0 Å². The van der Waals surface area contributed by atoms with Gasteiger partial charge in [0.05, 0.1) is 11.3 Å². The maximum atomic E-state index is 13.9. The lowest BCUT2D eigenvalue weighted by Crippen LogP contribution is -2.23. The first-order valence-electron chi connectivity index (χ1n) is 10.5. The second kappa shape index (κ2) is 8.78. The van der Waals surface area contributed by atoms with Crippen LogP contribution in [0.2, 0.25) is 0 Å². The lowest BCUT2D eigenvalue weighted by atomic mass is 9.93. The number of benzene rings is 2. The van der Waals surface area contributed by atoms with Crippen molar-refractivity contribution in [1.29, 1.82) is 0 Å².